The van der Waals surface area contributed by atoms with Crippen LogP contribution in [-0.2, 0) is 16.1 Å². The van der Waals surface area contributed by atoms with E-state index in [-0.39, 0.29) is 6.54 Å². The smallest absolute Gasteiger partial charge is 0.419 e. The van der Waals surface area contributed by atoms with Gasteiger partial charge in [0.25, 0.3) is 0 Å². The first kappa shape index (κ1) is 26.7. The zero-order valence-electron chi connectivity index (χ0n) is 21.4. The summed E-state index contributed by atoms with van der Waals surface area (Å²) in [5.41, 5.74) is 1.55. The second kappa shape index (κ2) is 10.8. The Bertz CT molecular complexity index is 1030. The monoisotopic (exact) mass is 502 g/mol. The average Bonchev–Trinajstić information content (AvgIpc) is 2.88. The van der Waals surface area contributed by atoms with E-state index in [1.54, 1.807) is 41.5 Å². The van der Waals surface area contributed by atoms with Gasteiger partial charge in [0.1, 0.15) is 23.6 Å². The molecule has 0 aromatic heterocycles. The van der Waals surface area contributed by atoms with E-state index in [1.165, 1.54) is 0 Å². The molecule has 8 heteroatoms. The SMILES string of the molecule is CC(C)(C)OC(=O)N(CCCCN1c2ccccc2COc2ccc(Cl)cc21)C(=O)OC(C)(C)C. The number of para-hydroxylation sites is 1. The van der Waals surface area contributed by atoms with Gasteiger partial charge in [0.15, 0.2) is 0 Å². The van der Waals surface area contributed by atoms with Crippen molar-refractivity contribution in [1.82, 2.24) is 4.90 Å². The number of anilines is 2. The lowest BCUT2D eigenvalue weighted by molar-refractivity contribution is 0.00123. The summed E-state index contributed by atoms with van der Waals surface area (Å²) in [6, 6.07) is 13.7. The molecular weight excluding hydrogens is 468 g/mol. The molecule has 190 valence electrons. The number of unbranched alkanes of at least 4 members (excludes halogenated alkanes) is 1. The molecule has 7 nitrogen and oxygen atoms in total. The zero-order chi connectivity index (χ0) is 25.8. The number of carbonyl (C=O) groups excluding carboxylic acids is 2. The van der Waals surface area contributed by atoms with Gasteiger partial charge in [0.05, 0.1) is 5.69 Å². The highest BCUT2D eigenvalue weighted by Gasteiger charge is 2.31. The maximum absolute atomic E-state index is 12.8. The summed E-state index contributed by atoms with van der Waals surface area (Å²) >= 11 is 6.31. The van der Waals surface area contributed by atoms with Crippen LogP contribution in [0.1, 0.15) is 59.9 Å². The zero-order valence-corrected chi connectivity index (χ0v) is 22.1. The van der Waals surface area contributed by atoms with Gasteiger partial charge in [-0.05, 0) is 78.6 Å². The second-order valence-corrected chi connectivity index (χ2v) is 10.9. The van der Waals surface area contributed by atoms with E-state index >= 15 is 0 Å². The number of amides is 2. The third-order valence-corrected chi connectivity index (χ3v) is 5.35. The van der Waals surface area contributed by atoms with Gasteiger partial charge in [-0.2, -0.15) is 0 Å². The first-order valence-electron chi connectivity index (χ1n) is 11.9. The molecule has 0 radical (unpaired) electrons. The van der Waals surface area contributed by atoms with E-state index in [0.29, 0.717) is 31.0 Å². The molecule has 0 saturated heterocycles. The van der Waals surface area contributed by atoms with Crippen molar-refractivity contribution >= 4 is 35.2 Å². The van der Waals surface area contributed by atoms with E-state index in [1.807, 2.05) is 36.4 Å². The van der Waals surface area contributed by atoms with Crippen LogP contribution in [0.5, 0.6) is 5.75 Å². The van der Waals surface area contributed by atoms with Crippen molar-refractivity contribution in [2.24, 2.45) is 0 Å². The van der Waals surface area contributed by atoms with Crippen molar-refractivity contribution in [3.8, 4) is 5.75 Å². The second-order valence-electron chi connectivity index (χ2n) is 10.5. The van der Waals surface area contributed by atoms with Crippen LogP contribution in [0.4, 0.5) is 21.0 Å². The number of hydrogen-bond acceptors (Lipinski definition) is 6. The van der Waals surface area contributed by atoms with Gasteiger partial charge in [-0.15, -0.1) is 0 Å². The van der Waals surface area contributed by atoms with Crippen LogP contribution in [0.3, 0.4) is 0 Å². The Balaban J connectivity index is 1.74. The molecule has 0 spiro atoms. The molecule has 2 amide bonds. The minimum atomic E-state index is -0.726. The van der Waals surface area contributed by atoms with Crippen LogP contribution in [0.15, 0.2) is 42.5 Å². The van der Waals surface area contributed by atoms with E-state index in [0.717, 1.165) is 27.6 Å². The minimum Gasteiger partial charge on any atom is -0.487 e. The highest BCUT2D eigenvalue weighted by molar-refractivity contribution is 6.31. The fourth-order valence-corrected chi connectivity index (χ4v) is 3.84. The molecule has 0 unspecified atom stereocenters. The first-order chi connectivity index (χ1) is 16.3. The summed E-state index contributed by atoms with van der Waals surface area (Å²) in [6.07, 6.45) is -0.161. The first-order valence-corrected chi connectivity index (χ1v) is 12.2. The Labute approximate surface area is 212 Å². The Morgan fingerprint density at radius 2 is 1.57 bits per heavy atom. The minimum absolute atomic E-state index is 0.179. The number of rotatable bonds is 5. The van der Waals surface area contributed by atoms with E-state index in [4.69, 9.17) is 25.8 Å². The van der Waals surface area contributed by atoms with Crippen LogP contribution < -0.4 is 9.64 Å². The fourth-order valence-electron chi connectivity index (χ4n) is 3.68. The number of fused-ring (bicyclic) bond motifs is 2. The van der Waals surface area contributed by atoms with Gasteiger partial charge in [-0.1, -0.05) is 29.8 Å². The molecule has 0 bridgehead atoms. The van der Waals surface area contributed by atoms with E-state index in [2.05, 4.69) is 11.0 Å². The molecule has 3 rings (SSSR count). The highest BCUT2D eigenvalue weighted by atomic mass is 35.5. The van der Waals surface area contributed by atoms with Crippen LogP contribution in [0.25, 0.3) is 0 Å². The summed E-state index contributed by atoms with van der Waals surface area (Å²) in [4.78, 5) is 28.7. The number of nitrogens with zero attached hydrogens (tertiary/aromatic N) is 2. The molecule has 2 aromatic rings. The Morgan fingerprint density at radius 1 is 0.943 bits per heavy atom. The Hall–Kier alpha value is -2.93. The summed E-state index contributed by atoms with van der Waals surface area (Å²) < 4.78 is 16.9. The van der Waals surface area contributed by atoms with Crippen molar-refractivity contribution in [3.05, 3.63) is 53.1 Å². The van der Waals surface area contributed by atoms with Crippen molar-refractivity contribution in [2.75, 3.05) is 18.0 Å². The maximum atomic E-state index is 12.8. The molecule has 0 saturated carbocycles. The predicted molar refractivity (Wildman–Crippen MR) is 138 cm³/mol. The molecule has 0 N–H and O–H groups in total. The van der Waals surface area contributed by atoms with Gasteiger partial charge in [0.2, 0.25) is 0 Å². The third-order valence-electron chi connectivity index (χ3n) is 5.12. The topological polar surface area (TPSA) is 68.3 Å². The Kier molecular flexibility index (Phi) is 8.21. The number of hydrogen-bond donors (Lipinski definition) is 0. The van der Waals surface area contributed by atoms with Gasteiger partial charge >= 0.3 is 12.2 Å². The number of carbonyl (C=O) groups is 2. The largest absolute Gasteiger partial charge is 0.487 e. The van der Waals surface area contributed by atoms with Gasteiger partial charge in [-0.3, -0.25) is 0 Å². The average molecular weight is 503 g/mol. The summed E-state index contributed by atoms with van der Waals surface area (Å²) in [5.74, 6) is 0.759. The lowest BCUT2D eigenvalue weighted by atomic mass is 10.1. The number of ether oxygens (including phenoxy) is 3. The van der Waals surface area contributed by atoms with Gasteiger partial charge in [-0.25, -0.2) is 14.5 Å². The number of imide groups is 1. The highest BCUT2D eigenvalue weighted by Crippen LogP contribution is 2.40. The quantitative estimate of drug-likeness (QED) is 0.399. The molecular formula is C27H35ClN2O5. The molecule has 0 aliphatic carbocycles. The molecule has 2 aromatic carbocycles. The maximum Gasteiger partial charge on any atom is 0.419 e. The number of benzene rings is 2. The van der Waals surface area contributed by atoms with Crippen molar-refractivity contribution in [3.63, 3.8) is 0 Å². The van der Waals surface area contributed by atoms with Gasteiger partial charge in [0, 0.05) is 29.4 Å². The van der Waals surface area contributed by atoms with Crippen LogP contribution >= 0.6 is 11.6 Å². The molecule has 35 heavy (non-hydrogen) atoms. The van der Waals surface area contributed by atoms with Crippen LogP contribution in [0.2, 0.25) is 5.02 Å². The van der Waals surface area contributed by atoms with Crippen molar-refractivity contribution in [2.45, 2.75) is 72.2 Å². The summed E-state index contributed by atoms with van der Waals surface area (Å²) in [7, 11) is 0. The van der Waals surface area contributed by atoms with Gasteiger partial charge < -0.3 is 19.1 Å². The third kappa shape index (κ3) is 7.52. The number of halogens is 1. The van der Waals surface area contributed by atoms with E-state index in [9.17, 15) is 9.59 Å². The molecule has 0 atom stereocenters. The van der Waals surface area contributed by atoms with Crippen LogP contribution in [0, 0.1) is 0 Å². The molecule has 1 aliphatic heterocycles. The summed E-state index contributed by atoms with van der Waals surface area (Å²) in [5, 5.41) is 0.623. The van der Waals surface area contributed by atoms with E-state index < -0.39 is 23.4 Å². The predicted octanol–water partition coefficient (Wildman–Crippen LogP) is 7.32. The normalized spacial score (nSPS) is 13.2. The lowest BCUT2D eigenvalue weighted by Gasteiger charge is -2.29. The van der Waals surface area contributed by atoms with Crippen molar-refractivity contribution in [1.29, 1.82) is 0 Å². The lowest BCUT2D eigenvalue weighted by Crippen LogP contribution is -2.44. The molecule has 1 aliphatic rings. The van der Waals surface area contributed by atoms with Crippen LogP contribution in [-0.4, -0.2) is 41.4 Å². The van der Waals surface area contributed by atoms with Crippen molar-refractivity contribution < 1.29 is 23.8 Å². The molecule has 1 heterocycles. The summed E-state index contributed by atoms with van der Waals surface area (Å²) in [6.45, 7) is 11.9. The standard InChI is InChI=1S/C27H35ClN2O5/c1-26(2,3)34-24(31)30(25(32)35-27(4,5)6)16-10-9-15-29-21-12-8-7-11-19(21)18-33-23-14-13-20(28)17-22(23)29/h7-8,11-14,17H,9-10,15-16,18H2,1-6H3. The Morgan fingerprint density at radius 3 is 2.20 bits per heavy atom. The fraction of sp³-hybridized carbons (Fsp3) is 0.481. The molecule has 0 fully saturated rings.